The molecular formula is C17H22N2O3S2. The quantitative estimate of drug-likeness (QED) is 0.849. The predicted molar refractivity (Wildman–Crippen MR) is 98.0 cm³/mol. The van der Waals surface area contributed by atoms with Crippen molar-refractivity contribution in [3.05, 3.63) is 35.2 Å². The summed E-state index contributed by atoms with van der Waals surface area (Å²) in [5.41, 5.74) is 1.09. The van der Waals surface area contributed by atoms with Gasteiger partial charge in [0.1, 0.15) is 0 Å². The number of fused-ring (bicyclic) bond motifs is 1. The van der Waals surface area contributed by atoms with Crippen LogP contribution < -0.4 is 5.32 Å². The molecule has 1 aromatic heterocycles. The largest absolute Gasteiger partial charge is 0.352 e. The summed E-state index contributed by atoms with van der Waals surface area (Å²) in [6.07, 6.45) is 1.05. The first-order chi connectivity index (χ1) is 11.4. The maximum absolute atomic E-state index is 12.0. The maximum atomic E-state index is 12.0. The van der Waals surface area contributed by atoms with Crippen molar-refractivity contribution in [3.8, 4) is 0 Å². The van der Waals surface area contributed by atoms with Gasteiger partial charge in [-0.3, -0.25) is 4.79 Å². The fourth-order valence-corrected chi connectivity index (χ4v) is 5.57. The van der Waals surface area contributed by atoms with Crippen molar-refractivity contribution in [2.24, 2.45) is 0 Å². The number of carbonyl (C=O) groups is 1. The molecule has 1 aliphatic rings. The SMILES string of the molecule is CN(CCC(=O)NCc1ccc2sccc2c1)[C@@H]1CCS(=O)(=O)C1. The molecule has 1 aliphatic heterocycles. The molecule has 0 aliphatic carbocycles. The highest BCUT2D eigenvalue weighted by Gasteiger charge is 2.30. The van der Waals surface area contributed by atoms with E-state index in [2.05, 4.69) is 28.9 Å². The third-order valence-electron chi connectivity index (χ3n) is 4.53. The zero-order valence-corrected chi connectivity index (χ0v) is 15.3. The van der Waals surface area contributed by atoms with E-state index in [0.717, 1.165) is 5.56 Å². The van der Waals surface area contributed by atoms with Gasteiger partial charge in [0.15, 0.2) is 9.84 Å². The van der Waals surface area contributed by atoms with E-state index in [1.807, 2.05) is 18.0 Å². The maximum Gasteiger partial charge on any atom is 0.221 e. The lowest BCUT2D eigenvalue weighted by atomic mass is 10.1. The molecule has 0 saturated carbocycles. The Kier molecular flexibility index (Phi) is 5.22. The van der Waals surface area contributed by atoms with E-state index in [0.29, 0.717) is 25.9 Å². The van der Waals surface area contributed by atoms with Gasteiger partial charge in [-0.25, -0.2) is 8.42 Å². The number of nitrogens with zero attached hydrogens (tertiary/aromatic N) is 1. The number of benzene rings is 1. The van der Waals surface area contributed by atoms with Crippen molar-refractivity contribution in [1.29, 1.82) is 0 Å². The Balaban J connectivity index is 1.44. The molecule has 0 unspecified atom stereocenters. The fourth-order valence-electron chi connectivity index (χ4n) is 3.00. The molecule has 7 heteroatoms. The van der Waals surface area contributed by atoms with Crippen LogP contribution in [0, 0.1) is 0 Å². The van der Waals surface area contributed by atoms with Gasteiger partial charge in [0.2, 0.25) is 5.91 Å². The minimum atomic E-state index is -2.88. The van der Waals surface area contributed by atoms with E-state index in [9.17, 15) is 13.2 Å². The van der Waals surface area contributed by atoms with Gasteiger partial charge < -0.3 is 10.2 Å². The number of amides is 1. The number of rotatable bonds is 6. The average molecular weight is 367 g/mol. The van der Waals surface area contributed by atoms with Gasteiger partial charge in [0.05, 0.1) is 11.5 Å². The van der Waals surface area contributed by atoms with Crippen LogP contribution in [0.25, 0.3) is 10.1 Å². The van der Waals surface area contributed by atoms with E-state index in [-0.39, 0.29) is 23.5 Å². The van der Waals surface area contributed by atoms with Gasteiger partial charge in [0, 0.05) is 30.3 Å². The predicted octanol–water partition coefficient (Wildman–Crippen LogP) is 2.03. The van der Waals surface area contributed by atoms with Crippen LogP contribution >= 0.6 is 11.3 Å². The Bertz CT molecular complexity index is 829. The van der Waals surface area contributed by atoms with Gasteiger partial charge in [0.25, 0.3) is 0 Å². The van der Waals surface area contributed by atoms with E-state index >= 15 is 0 Å². The summed E-state index contributed by atoms with van der Waals surface area (Å²) in [5.74, 6) is 0.471. The van der Waals surface area contributed by atoms with E-state index in [1.165, 1.54) is 10.1 Å². The third kappa shape index (κ3) is 4.34. The minimum absolute atomic E-state index is 0.00637. The number of sulfone groups is 1. The Morgan fingerprint density at radius 2 is 2.21 bits per heavy atom. The second kappa shape index (κ2) is 7.21. The van der Waals surface area contributed by atoms with Crippen LogP contribution in [0.4, 0.5) is 0 Å². The summed E-state index contributed by atoms with van der Waals surface area (Å²) in [5, 5.41) is 6.20. The Morgan fingerprint density at radius 3 is 2.96 bits per heavy atom. The highest BCUT2D eigenvalue weighted by Crippen LogP contribution is 2.21. The first-order valence-corrected chi connectivity index (χ1v) is 10.8. The molecule has 1 saturated heterocycles. The average Bonchev–Trinajstić information content (AvgIpc) is 3.15. The van der Waals surface area contributed by atoms with Crippen LogP contribution in [0.5, 0.6) is 0 Å². The first kappa shape index (κ1) is 17.4. The zero-order chi connectivity index (χ0) is 17.2. The molecule has 5 nitrogen and oxygen atoms in total. The molecule has 1 aromatic carbocycles. The fraction of sp³-hybridized carbons (Fsp3) is 0.471. The highest BCUT2D eigenvalue weighted by molar-refractivity contribution is 7.91. The summed E-state index contributed by atoms with van der Waals surface area (Å²) in [6, 6.07) is 8.34. The second-order valence-electron chi connectivity index (χ2n) is 6.36. The van der Waals surface area contributed by atoms with Crippen molar-refractivity contribution in [2.75, 3.05) is 25.1 Å². The Labute approximate surface area is 146 Å². The van der Waals surface area contributed by atoms with E-state index in [1.54, 1.807) is 11.3 Å². The van der Waals surface area contributed by atoms with Crippen molar-refractivity contribution in [2.45, 2.75) is 25.4 Å². The van der Waals surface area contributed by atoms with Crippen LogP contribution in [0.2, 0.25) is 0 Å². The van der Waals surface area contributed by atoms with Crippen molar-refractivity contribution >= 4 is 37.2 Å². The summed E-state index contributed by atoms with van der Waals surface area (Å²) in [6.45, 7) is 1.10. The van der Waals surface area contributed by atoms with Gasteiger partial charge in [-0.2, -0.15) is 0 Å². The zero-order valence-electron chi connectivity index (χ0n) is 13.7. The molecule has 3 rings (SSSR count). The first-order valence-electron chi connectivity index (χ1n) is 8.06. The molecule has 0 bridgehead atoms. The molecule has 1 atom stereocenters. The molecule has 2 heterocycles. The lowest BCUT2D eigenvalue weighted by molar-refractivity contribution is -0.121. The van der Waals surface area contributed by atoms with Crippen LogP contribution in [-0.2, 0) is 21.2 Å². The van der Waals surface area contributed by atoms with E-state index in [4.69, 9.17) is 0 Å². The second-order valence-corrected chi connectivity index (χ2v) is 9.53. The molecule has 1 amide bonds. The van der Waals surface area contributed by atoms with Crippen molar-refractivity contribution in [3.63, 3.8) is 0 Å². The Hall–Kier alpha value is -1.44. The monoisotopic (exact) mass is 366 g/mol. The molecule has 2 aromatic rings. The van der Waals surface area contributed by atoms with Gasteiger partial charge in [-0.1, -0.05) is 6.07 Å². The molecule has 24 heavy (non-hydrogen) atoms. The summed E-state index contributed by atoms with van der Waals surface area (Å²) in [7, 11) is -0.988. The molecule has 0 spiro atoms. The molecule has 1 fully saturated rings. The highest BCUT2D eigenvalue weighted by atomic mass is 32.2. The van der Waals surface area contributed by atoms with Crippen LogP contribution in [0.15, 0.2) is 29.6 Å². The molecule has 130 valence electrons. The number of thiophene rings is 1. The van der Waals surface area contributed by atoms with Crippen LogP contribution in [0.3, 0.4) is 0 Å². The summed E-state index contributed by atoms with van der Waals surface area (Å²) in [4.78, 5) is 14.0. The molecule has 1 N–H and O–H groups in total. The summed E-state index contributed by atoms with van der Waals surface area (Å²) >= 11 is 1.71. The molecule has 0 radical (unpaired) electrons. The lowest BCUT2D eigenvalue weighted by Crippen LogP contribution is -2.36. The minimum Gasteiger partial charge on any atom is -0.352 e. The Morgan fingerprint density at radius 1 is 1.38 bits per heavy atom. The molecular weight excluding hydrogens is 344 g/mol. The van der Waals surface area contributed by atoms with Crippen molar-refractivity contribution in [1.82, 2.24) is 10.2 Å². The number of hydrogen-bond acceptors (Lipinski definition) is 5. The third-order valence-corrected chi connectivity index (χ3v) is 7.18. The smallest absolute Gasteiger partial charge is 0.221 e. The van der Waals surface area contributed by atoms with Crippen LogP contribution in [0.1, 0.15) is 18.4 Å². The normalized spacial score (nSPS) is 19.8. The van der Waals surface area contributed by atoms with Gasteiger partial charge in [-0.05, 0) is 48.0 Å². The topological polar surface area (TPSA) is 66.5 Å². The van der Waals surface area contributed by atoms with Crippen LogP contribution in [-0.4, -0.2) is 50.4 Å². The number of carbonyl (C=O) groups excluding carboxylic acids is 1. The number of hydrogen-bond donors (Lipinski definition) is 1. The number of nitrogens with one attached hydrogen (secondary N) is 1. The van der Waals surface area contributed by atoms with Gasteiger partial charge >= 0.3 is 0 Å². The van der Waals surface area contributed by atoms with E-state index < -0.39 is 9.84 Å². The lowest BCUT2D eigenvalue weighted by Gasteiger charge is -2.22. The van der Waals surface area contributed by atoms with Crippen molar-refractivity contribution < 1.29 is 13.2 Å². The standard InChI is InChI=1S/C17H22N2O3S2/c1-19(15-6-9-24(21,22)12-15)7-4-17(20)18-11-13-2-3-16-14(10-13)5-8-23-16/h2-3,5,8,10,15H,4,6-7,9,11-12H2,1H3,(H,18,20)/t15-/m1/s1. The summed E-state index contributed by atoms with van der Waals surface area (Å²) < 4.78 is 24.3. The van der Waals surface area contributed by atoms with Gasteiger partial charge in [-0.15, -0.1) is 11.3 Å².